The summed E-state index contributed by atoms with van der Waals surface area (Å²) < 4.78 is 11.4. The fourth-order valence-electron chi connectivity index (χ4n) is 2.50. The molecule has 0 bridgehead atoms. The number of benzene rings is 2. The summed E-state index contributed by atoms with van der Waals surface area (Å²) in [6, 6.07) is 13.8. The average Bonchev–Trinajstić information content (AvgIpc) is 2.64. The molecule has 0 fully saturated rings. The van der Waals surface area contributed by atoms with Gasteiger partial charge in [0.1, 0.15) is 17.5 Å². The van der Waals surface area contributed by atoms with Gasteiger partial charge in [0.05, 0.1) is 18.7 Å². The van der Waals surface area contributed by atoms with Crippen molar-refractivity contribution < 1.29 is 19.6 Å². The predicted molar refractivity (Wildman–Crippen MR) is 101 cm³/mol. The van der Waals surface area contributed by atoms with Gasteiger partial charge < -0.3 is 20.1 Å². The maximum absolute atomic E-state index is 12.1. The summed E-state index contributed by atoms with van der Waals surface area (Å²) in [6.45, 7) is 2.89. The molecule has 0 aliphatic heterocycles. The molecule has 2 aromatic rings. The van der Waals surface area contributed by atoms with E-state index in [1.54, 1.807) is 14.2 Å². The molecule has 3 N–H and O–H groups in total. The Hall–Kier alpha value is -2.05. The number of para-hydroxylation sites is 1. The number of halogens is 1. The van der Waals surface area contributed by atoms with Crippen LogP contribution in [0.25, 0.3) is 0 Å². The average molecular weight is 408 g/mol. The molecule has 25 heavy (non-hydrogen) atoms. The lowest BCUT2D eigenvalue weighted by Crippen LogP contribution is -2.87. The molecule has 134 valence electrons. The molecule has 6 heteroatoms. The van der Waals surface area contributed by atoms with E-state index >= 15 is 0 Å². The molecule has 0 saturated carbocycles. The lowest BCUT2D eigenvalue weighted by atomic mass is 10.1. The van der Waals surface area contributed by atoms with E-state index in [0.717, 1.165) is 27.1 Å². The molecule has 2 rings (SSSR count). The van der Waals surface area contributed by atoms with Gasteiger partial charge in [-0.1, -0.05) is 18.2 Å². The Bertz CT molecular complexity index is 722. The Morgan fingerprint density at radius 3 is 2.56 bits per heavy atom. The van der Waals surface area contributed by atoms with Crippen LogP contribution < -0.4 is 20.1 Å². The first-order valence-corrected chi connectivity index (χ1v) is 8.89. The Balaban J connectivity index is 1.84. The molecule has 0 spiro atoms. The van der Waals surface area contributed by atoms with Gasteiger partial charge in [-0.15, -0.1) is 0 Å². The van der Waals surface area contributed by atoms with E-state index < -0.39 is 0 Å². The van der Waals surface area contributed by atoms with Crippen molar-refractivity contribution in [2.75, 3.05) is 20.8 Å². The third-order valence-corrected chi connectivity index (χ3v) is 4.65. The Morgan fingerprint density at radius 1 is 1.16 bits per heavy atom. The Kier molecular flexibility index (Phi) is 7.28. The minimum Gasteiger partial charge on any atom is -0.496 e. The first-order chi connectivity index (χ1) is 12.0. The topological polar surface area (TPSA) is 64.2 Å². The first-order valence-electron chi connectivity index (χ1n) is 8.10. The van der Waals surface area contributed by atoms with Gasteiger partial charge in [0.15, 0.2) is 6.54 Å². The van der Waals surface area contributed by atoms with E-state index in [0.29, 0.717) is 13.1 Å². The summed E-state index contributed by atoms with van der Waals surface area (Å²) >= 11 is 3.49. The number of amides is 1. The predicted octanol–water partition coefficient (Wildman–Crippen LogP) is 2.41. The van der Waals surface area contributed by atoms with Crippen molar-refractivity contribution in [2.24, 2.45) is 0 Å². The summed E-state index contributed by atoms with van der Waals surface area (Å²) in [5.74, 6) is 1.57. The largest absolute Gasteiger partial charge is 0.496 e. The van der Waals surface area contributed by atoms with Gasteiger partial charge in [0.2, 0.25) is 0 Å². The quantitative estimate of drug-likeness (QED) is 0.705. The zero-order chi connectivity index (χ0) is 18.2. The number of carbonyl (C=O) groups excluding carboxylic acids is 1. The van der Waals surface area contributed by atoms with Crippen molar-refractivity contribution >= 4 is 21.8 Å². The second kappa shape index (κ2) is 9.44. The fourth-order valence-corrected chi connectivity index (χ4v) is 3.06. The molecule has 0 heterocycles. The lowest BCUT2D eigenvalue weighted by Gasteiger charge is -2.13. The third-order valence-electron chi connectivity index (χ3n) is 4.03. The van der Waals surface area contributed by atoms with E-state index in [1.165, 1.54) is 0 Å². The molecule has 0 radical (unpaired) electrons. The van der Waals surface area contributed by atoms with Crippen LogP contribution in [0.2, 0.25) is 0 Å². The monoisotopic (exact) mass is 407 g/mol. The van der Waals surface area contributed by atoms with E-state index in [9.17, 15) is 4.79 Å². The van der Waals surface area contributed by atoms with Gasteiger partial charge in [-0.2, -0.15) is 0 Å². The maximum Gasteiger partial charge on any atom is 0.275 e. The molecular weight excluding hydrogens is 384 g/mol. The maximum atomic E-state index is 12.1. The van der Waals surface area contributed by atoms with Gasteiger partial charge in [0.25, 0.3) is 5.91 Å². The normalized spacial score (nSPS) is 11.7. The van der Waals surface area contributed by atoms with E-state index in [1.807, 2.05) is 47.8 Å². The standard InChI is InChI=1S/C19H23BrN2O3/c1-13(14-8-9-18(25-3)16(20)10-14)21-12-19(23)22-11-15-6-4-5-7-17(15)24-2/h4-10,13,21H,11-12H2,1-3H3,(H,22,23)/p+1/t13-/m0/s1. The van der Waals surface area contributed by atoms with Crippen LogP contribution in [0.1, 0.15) is 24.1 Å². The SMILES string of the molecule is COc1ccc([C@H](C)[NH2+]CC(=O)NCc2ccccc2OC)cc1Br. The number of nitrogens with two attached hydrogens (primary N) is 1. The molecule has 0 aliphatic rings. The second-order valence-electron chi connectivity index (χ2n) is 5.71. The van der Waals surface area contributed by atoms with Crippen molar-refractivity contribution in [2.45, 2.75) is 19.5 Å². The molecule has 0 aromatic heterocycles. The van der Waals surface area contributed by atoms with Gasteiger partial charge >= 0.3 is 0 Å². The number of rotatable bonds is 8. The zero-order valence-electron chi connectivity index (χ0n) is 14.7. The number of carbonyl (C=O) groups is 1. The van der Waals surface area contributed by atoms with Gasteiger partial charge in [-0.05, 0) is 47.1 Å². The Labute approximate surface area is 156 Å². The van der Waals surface area contributed by atoms with Crippen molar-refractivity contribution in [1.29, 1.82) is 0 Å². The number of nitrogens with one attached hydrogen (secondary N) is 1. The summed E-state index contributed by atoms with van der Waals surface area (Å²) in [5.41, 5.74) is 2.09. The second-order valence-corrected chi connectivity index (χ2v) is 6.57. The van der Waals surface area contributed by atoms with Crippen molar-refractivity contribution in [3.05, 3.63) is 58.1 Å². The van der Waals surface area contributed by atoms with Crippen LogP contribution in [0.4, 0.5) is 0 Å². The smallest absolute Gasteiger partial charge is 0.275 e. The highest BCUT2D eigenvalue weighted by Crippen LogP contribution is 2.27. The van der Waals surface area contributed by atoms with Crippen molar-refractivity contribution in [3.8, 4) is 11.5 Å². The van der Waals surface area contributed by atoms with Crippen LogP contribution in [0.15, 0.2) is 46.9 Å². The zero-order valence-corrected chi connectivity index (χ0v) is 16.3. The highest BCUT2D eigenvalue weighted by Gasteiger charge is 2.13. The molecule has 1 atom stereocenters. The minimum absolute atomic E-state index is 0.00895. The Morgan fingerprint density at radius 2 is 1.88 bits per heavy atom. The van der Waals surface area contributed by atoms with Gasteiger partial charge in [0, 0.05) is 17.7 Å². The number of quaternary nitrogens is 1. The molecule has 0 unspecified atom stereocenters. The molecule has 0 saturated heterocycles. The highest BCUT2D eigenvalue weighted by atomic mass is 79.9. The lowest BCUT2D eigenvalue weighted by molar-refractivity contribution is -0.682. The number of ether oxygens (including phenoxy) is 2. The van der Waals surface area contributed by atoms with Crippen LogP contribution in [0, 0.1) is 0 Å². The molecule has 1 amide bonds. The summed E-state index contributed by atoms with van der Waals surface area (Å²) in [4.78, 5) is 12.1. The number of hydrogen-bond acceptors (Lipinski definition) is 3. The summed E-state index contributed by atoms with van der Waals surface area (Å²) in [5, 5.41) is 4.94. The third kappa shape index (κ3) is 5.47. The fraction of sp³-hybridized carbons (Fsp3) is 0.316. The molecule has 5 nitrogen and oxygen atoms in total. The molecule has 0 aliphatic carbocycles. The van der Waals surface area contributed by atoms with E-state index in [-0.39, 0.29) is 11.9 Å². The van der Waals surface area contributed by atoms with E-state index in [2.05, 4.69) is 28.2 Å². The van der Waals surface area contributed by atoms with Crippen molar-refractivity contribution in [1.82, 2.24) is 5.32 Å². The van der Waals surface area contributed by atoms with Crippen molar-refractivity contribution in [3.63, 3.8) is 0 Å². The van der Waals surface area contributed by atoms with Gasteiger partial charge in [-0.25, -0.2) is 0 Å². The number of methoxy groups -OCH3 is 2. The van der Waals surface area contributed by atoms with Gasteiger partial charge in [-0.3, -0.25) is 4.79 Å². The number of hydrogen-bond donors (Lipinski definition) is 2. The summed E-state index contributed by atoms with van der Waals surface area (Å²) in [7, 11) is 3.27. The molecular formula is C19H24BrN2O3+. The molecule has 2 aromatic carbocycles. The highest BCUT2D eigenvalue weighted by molar-refractivity contribution is 9.10. The summed E-state index contributed by atoms with van der Waals surface area (Å²) in [6.07, 6.45) is 0. The van der Waals surface area contributed by atoms with Crippen LogP contribution in [-0.2, 0) is 11.3 Å². The van der Waals surface area contributed by atoms with E-state index in [4.69, 9.17) is 9.47 Å². The minimum atomic E-state index is -0.00895. The van der Waals surface area contributed by atoms with Crippen LogP contribution >= 0.6 is 15.9 Å². The first kappa shape index (κ1) is 19.3. The van der Waals surface area contributed by atoms with Crippen LogP contribution in [0.3, 0.4) is 0 Å². The van der Waals surface area contributed by atoms with Crippen LogP contribution in [-0.4, -0.2) is 26.7 Å². The van der Waals surface area contributed by atoms with Crippen LogP contribution in [0.5, 0.6) is 11.5 Å².